The molecule has 1 heterocycles. The van der Waals surface area contributed by atoms with Crippen LogP contribution in [0.4, 0.5) is 0 Å². The van der Waals surface area contributed by atoms with Gasteiger partial charge in [0.15, 0.2) is 0 Å². The topological polar surface area (TPSA) is 94.3 Å². The van der Waals surface area contributed by atoms with E-state index in [0.29, 0.717) is 5.88 Å². The molecule has 1 aromatic rings. The molecule has 0 aromatic carbocycles. The molecule has 16 heavy (non-hydrogen) atoms. The Balaban J connectivity index is 0.00000225. The van der Waals surface area contributed by atoms with Crippen LogP contribution in [0.15, 0.2) is 23.2 Å². The predicted molar refractivity (Wildman–Crippen MR) is 62.3 cm³/mol. The molecule has 0 atom stereocenters. The number of ether oxygens (including phenoxy) is 1. The zero-order chi connectivity index (χ0) is 11.3. The molecule has 1 rings (SSSR count). The van der Waals surface area contributed by atoms with Crippen LogP contribution in [-0.2, 0) is 10.0 Å². The first-order valence-electron chi connectivity index (χ1n) is 4.30. The van der Waals surface area contributed by atoms with Gasteiger partial charge in [-0.3, -0.25) is 0 Å². The average Bonchev–Trinajstić information content (AvgIpc) is 2.26. The Morgan fingerprint density at radius 3 is 2.62 bits per heavy atom. The normalized spacial score (nSPS) is 10.6. The van der Waals surface area contributed by atoms with Crippen molar-refractivity contribution >= 4 is 22.4 Å². The minimum Gasteiger partial charge on any atom is -0.481 e. The monoisotopic (exact) mass is 267 g/mol. The summed E-state index contributed by atoms with van der Waals surface area (Å²) in [5.41, 5.74) is 5.20. The van der Waals surface area contributed by atoms with Gasteiger partial charge in [0.2, 0.25) is 15.9 Å². The third kappa shape index (κ3) is 3.93. The molecule has 0 fully saturated rings. The highest BCUT2D eigenvalue weighted by Crippen LogP contribution is 2.11. The van der Waals surface area contributed by atoms with Gasteiger partial charge in [0.1, 0.15) is 4.90 Å². The fourth-order valence-corrected chi connectivity index (χ4v) is 1.91. The fourth-order valence-electron chi connectivity index (χ4n) is 0.923. The molecule has 0 saturated carbocycles. The van der Waals surface area contributed by atoms with Crippen molar-refractivity contribution in [3.05, 3.63) is 18.3 Å². The highest BCUT2D eigenvalue weighted by atomic mass is 35.5. The SMILES string of the molecule is COc1ccc(S(=O)(=O)NCCN)cn1.Cl. The number of nitrogens with two attached hydrogens (primary N) is 1. The number of hydrogen-bond donors (Lipinski definition) is 2. The molecule has 0 aliphatic rings. The van der Waals surface area contributed by atoms with Crippen molar-refractivity contribution in [3.63, 3.8) is 0 Å². The second-order valence-electron chi connectivity index (χ2n) is 2.72. The lowest BCUT2D eigenvalue weighted by Crippen LogP contribution is -2.29. The molecule has 6 nitrogen and oxygen atoms in total. The van der Waals surface area contributed by atoms with Gasteiger partial charge in [-0.15, -0.1) is 12.4 Å². The molecule has 0 aliphatic heterocycles. The lowest BCUT2D eigenvalue weighted by atomic mass is 10.5. The standard InChI is InChI=1S/C8H13N3O3S.ClH/c1-14-8-3-2-7(6-10-8)15(12,13)11-5-4-9;/h2-3,6,11H,4-5,9H2,1H3;1H. The largest absolute Gasteiger partial charge is 0.481 e. The number of aromatic nitrogens is 1. The Morgan fingerprint density at radius 2 is 2.19 bits per heavy atom. The highest BCUT2D eigenvalue weighted by molar-refractivity contribution is 7.89. The van der Waals surface area contributed by atoms with E-state index in [2.05, 4.69) is 9.71 Å². The molecule has 0 amide bonds. The summed E-state index contributed by atoms with van der Waals surface area (Å²) >= 11 is 0. The molecular formula is C8H14ClN3O3S. The molecule has 0 spiro atoms. The van der Waals surface area contributed by atoms with Crippen LogP contribution in [0.5, 0.6) is 5.88 Å². The first-order chi connectivity index (χ1) is 7.10. The summed E-state index contributed by atoms with van der Waals surface area (Å²) in [6.45, 7) is 0.456. The Labute approximate surface area is 101 Å². The quantitative estimate of drug-likeness (QED) is 0.767. The van der Waals surface area contributed by atoms with Crippen molar-refractivity contribution in [2.24, 2.45) is 5.73 Å². The van der Waals surface area contributed by atoms with E-state index in [1.54, 1.807) is 0 Å². The first kappa shape index (κ1) is 15.1. The molecule has 0 aliphatic carbocycles. The molecule has 92 valence electrons. The van der Waals surface area contributed by atoms with E-state index in [1.165, 1.54) is 25.4 Å². The third-order valence-corrected chi connectivity index (χ3v) is 3.11. The Hall–Kier alpha value is -0.890. The number of hydrogen-bond acceptors (Lipinski definition) is 5. The number of halogens is 1. The van der Waals surface area contributed by atoms with Crippen molar-refractivity contribution in [1.82, 2.24) is 9.71 Å². The predicted octanol–water partition coefficient (Wildman–Crippen LogP) is -0.251. The summed E-state index contributed by atoms with van der Waals surface area (Å²) in [6.07, 6.45) is 1.23. The van der Waals surface area contributed by atoms with Crippen LogP contribution in [0, 0.1) is 0 Å². The summed E-state index contributed by atoms with van der Waals surface area (Å²) in [6, 6.07) is 2.90. The van der Waals surface area contributed by atoms with Crippen molar-refractivity contribution in [2.45, 2.75) is 4.90 Å². The number of methoxy groups -OCH3 is 1. The Kier molecular flexibility index (Phi) is 6.27. The van der Waals surface area contributed by atoms with Crippen molar-refractivity contribution < 1.29 is 13.2 Å². The van der Waals surface area contributed by atoms with E-state index in [9.17, 15) is 8.42 Å². The smallest absolute Gasteiger partial charge is 0.242 e. The molecule has 0 radical (unpaired) electrons. The van der Waals surface area contributed by atoms with E-state index in [4.69, 9.17) is 10.5 Å². The molecule has 0 unspecified atom stereocenters. The van der Waals surface area contributed by atoms with Gasteiger partial charge in [-0.2, -0.15) is 0 Å². The molecule has 0 saturated heterocycles. The first-order valence-corrected chi connectivity index (χ1v) is 5.78. The van der Waals surface area contributed by atoms with Gasteiger partial charge in [-0.1, -0.05) is 0 Å². The lowest BCUT2D eigenvalue weighted by Gasteiger charge is -2.05. The van der Waals surface area contributed by atoms with Gasteiger partial charge in [-0.25, -0.2) is 18.1 Å². The van der Waals surface area contributed by atoms with Crippen molar-refractivity contribution in [3.8, 4) is 5.88 Å². The number of nitrogens with zero attached hydrogens (tertiary/aromatic N) is 1. The van der Waals surface area contributed by atoms with E-state index in [1.807, 2.05) is 0 Å². The second-order valence-corrected chi connectivity index (χ2v) is 4.49. The summed E-state index contributed by atoms with van der Waals surface area (Å²) in [4.78, 5) is 3.89. The molecule has 3 N–H and O–H groups in total. The van der Waals surface area contributed by atoms with Gasteiger partial charge in [0.25, 0.3) is 0 Å². The van der Waals surface area contributed by atoms with Crippen molar-refractivity contribution in [2.75, 3.05) is 20.2 Å². The maximum atomic E-state index is 11.5. The number of rotatable bonds is 5. The molecule has 8 heteroatoms. The second kappa shape index (κ2) is 6.64. The zero-order valence-corrected chi connectivity index (χ0v) is 10.3. The lowest BCUT2D eigenvalue weighted by molar-refractivity contribution is 0.397. The van der Waals surface area contributed by atoms with Crippen LogP contribution in [0.3, 0.4) is 0 Å². The van der Waals surface area contributed by atoms with Crippen LogP contribution in [0.2, 0.25) is 0 Å². The van der Waals surface area contributed by atoms with Gasteiger partial charge in [0.05, 0.1) is 13.3 Å². The summed E-state index contributed by atoms with van der Waals surface area (Å²) in [5, 5.41) is 0. The van der Waals surface area contributed by atoms with E-state index in [0.717, 1.165) is 0 Å². The Bertz CT molecular complexity index is 407. The summed E-state index contributed by atoms with van der Waals surface area (Å²) in [5.74, 6) is 0.368. The number of nitrogens with one attached hydrogen (secondary N) is 1. The fraction of sp³-hybridized carbons (Fsp3) is 0.375. The van der Waals surface area contributed by atoms with Crippen LogP contribution in [0.1, 0.15) is 0 Å². The number of pyridine rings is 1. The minimum absolute atomic E-state index is 0. The molecule has 1 aromatic heterocycles. The van der Waals surface area contributed by atoms with E-state index in [-0.39, 0.29) is 30.4 Å². The van der Waals surface area contributed by atoms with Crippen molar-refractivity contribution in [1.29, 1.82) is 0 Å². The average molecular weight is 268 g/mol. The van der Waals surface area contributed by atoms with E-state index >= 15 is 0 Å². The van der Waals surface area contributed by atoms with Crippen LogP contribution in [0.25, 0.3) is 0 Å². The van der Waals surface area contributed by atoms with Crippen LogP contribution < -0.4 is 15.2 Å². The minimum atomic E-state index is -3.50. The van der Waals surface area contributed by atoms with Gasteiger partial charge >= 0.3 is 0 Å². The number of sulfonamides is 1. The Morgan fingerprint density at radius 1 is 1.50 bits per heavy atom. The maximum Gasteiger partial charge on any atom is 0.242 e. The van der Waals surface area contributed by atoms with Crippen LogP contribution >= 0.6 is 12.4 Å². The highest BCUT2D eigenvalue weighted by Gasteiger charge is 2.13. The van der Waals surface area contributed by atoms with Gasteiger partial charge in [-0.05, 0) is 6.07 Å². The molecule has 0 bridgehead atoms. The summed E-state index contributed by atoms with van der Waals surface area (Å²) in [7, 11) is -2.03. The molecular weight excluding hydrogens is 254 g/mol. The maximum absolute atomic E-state index is 11.5. The van der Waals surface area contributed by atoms with Gasteiger partial charge in [0, 0.05) is 19.2 Å². The van der Waals surface area contributed by atoms with Crippen LogP contribution in [-0.4, -0.2) is 33.6 Å². The van der Waals surface area contributed by atoms with E-state index < -0.39 is 10.0 Å². The van der Waals surface area contributed by atoms with Gasteiger partial charge < -0.3 is 10.5 Å². The third-order valence-electron chi connectivity index (χ3n) is 1.67. The zero-order valence-electron chi connectivity index (χ0n) is 8.71. The summed E-state index contributed by atoms with van der Waals surface area (Å²) < 4.78 is 30.2.